The van der Waals surface area contributed by atoms with Crippen molar-refractivity contribution in [1.29, 1.82) is 0 Å². The second-order valence-corrected chi connectivity index (χ2v) is 8.10. The lowest BCUT2D eigenvalue weighted by atomic mass is 10.2. The van der Waals surface area contributed by atoms with E-state index in [1.54, 1.807) is 0 Å². The second-order valence-electron chi connectivity index (χ2n) is 5.65. The van der Waals surface area contributed by atoms with Gasteiger partial charge >= 0.3 is 6.18 Å². The molecule has 0 aliphatic rings. The van der Waals surface area contributed by atoms with Gasteiger partial charge in [0.1, 0.15) is 5.75 Å². The van der Waals surface area contributed by atoms with E-state index in [-0.39, 0.29) is 11.4 Å². The molecule has 0 unspecified atom stereocenters. The molecule has 0 spiro atoms. The quantitative estimate of drug-likeness (QED) is 0.750. The maximum atomic E-state index is 13.1. The molecule has 0 atom stereocenters. The normalized spacial score (nSPS) is 12.1. The molecule has 0 radical (unpaired) electrons. The lowest BCUT2D eigenvalue weighted by molar-refractivity contribution is -0.139. The number of sulfonamides is 1. The minimum Gasteiger partial charge on any atom is -0.495 e. The van der Waals surface area contributed by atoms with Crippen molar-refractivity contribution in [2.24, 2.45) is 0 Å². The van der Waals surface area contributed by atoms with Crippen molar-refractivity contribution in [2.75, 3.05) is 26.0 Å². The zero-order valence-corrected chi connectivity index (χ0v) is 16.3. The summed E-state index contributed by atoms with van der Waals surface area (Å²) < 4.78 is 70.1. The number of halogens is 4. The van der Waals surface area contributed by atoms with Gasteiger partial charge in [-0.15, -0.1) is 0 Å². The highest BCUT2D eigenvalue weighted by Crippen LogP contribution is 2.35. The maximum absolute atomic E-state index is 13.1. The molecule has 11 heteroatoms. The van der Waals surface area contributed by atoms with Crippen molar-refractivity contribution in [3.63, 3.8) is 0 Å². The molecule has 0 saturated carbocycles. The van der Waals surface area contributed by atoms with Crippen LogP contribution in [0.1, 0.15) is 5.56 Å². The van der Waals surface area contributed by atoms with Crippen LogP contribution in [-0.2, 0) is 21.0 Å². The summed E-state index contributed by atoms with van der Waals surface area (Å²) in [6.45, 7) is -0.718. The lowest BCUT2D eigenvalue weighted by Gasteiger charge is -2.20. The fraction of sp³-hybridized carbons (Fsp3) is 0.235. The molecule has 2 aromatic carbocycles. The van der Waals surface area contributed by atoms with E-state index in [2.05, 4.69) is 5.32 Å². The first kappa shape index (κ1) is 22.0. The number of alkyl halides is 3. The molecule has 0 aliphatic heterocycles. The Hall–Kier alpha value is -2.30. The first-order chi connectivity index (χ1) is 13.0. The van der Waals surface area contributed by atoms with Crippen LogP contribution in [0.3, 0.4) is 0 Å². The third-order valence-electron chi connectivity index (χ3n) is 3.68. The van der Waals surface area contributed by atoms with Gasteiger partial charge in [0.25, 0.3) is 0 Å². The standard InChI is InChI=1S/C17H16ClF3N2O4S/c1-23(10-16(24)22-13-9-11(18)7-8-14(13)27-2)28(25,26)15-6-4-3-5-12(15)17(19,20)21/h3-9H,10H2,1-2H3,(H,22,24). The van der Waals surface area contributed by atoms with Crippen LogP contribution in [0.2, 0.25) is 5.02 Å². The van der Waals surface area contributed by atoms with Crippen LogP contribution >= 0.6 is 11.6 Å². The van der Waals surface area contributed by atoms with E-state index in [9.17, 15) is 26.4 Å². The fourth-order valence-corrected chi connectivity index (χ4v) is 3.86. The Morgan fingerprint density at radius 3 is 2.46 bits per heavy atom. The topological polar surface area (TPSA) is 75.7 Å². The number of carbonyl (C=O) groups excluding carboxylic acids is 1. The van der Waals surface area contributed by atoms with Crippen LogP contribution in [0.15, 0.2) is 47.4 Å². The molecule has 28 heavy (non-hydrogen) atoms. The predicted octanol–water partition coefficient (Wildman–Crippen LogP) is 3.63. The Morgan fingerprint density at radius 2 is 1.86 bits per heavy atom. The first-order valence-corrected chi connectivity index (χ1v) is 9.54. The van der Waals surface area contributed by atoms with Gasteiger partial charge in [0, 0.05) is 12.1 Å². The number of methoxy groups -OCH3 is 1. The molecule has 1 N–H and O–H groups in total. The molecule has 2 aromatic rings. The SMILES string of the molecule is COc1ccc(Cl)cc1NC(=O)CN(C)S(=O)(=O)c1ccccc1C(F)(F)F. The van der Waals surface area contributed by atoms with Crippen LogP contribution in [0.25, 0.3) is 0 Å². The molecule has 1 amide bonds. The Labute approximate surface area is 164 Å². The summed E-state index contributed by atoms with van der Waals surface area (Å²) in [6.07, 6.45) is -4.86. The van der Waals surface area contributed by atoms with E-state index in [0.717, 1.165) is 19.2 Å². The summed E-state index contributed by atoms with van der Waals surface area (Å²) in [6, 6.07) is 8.18. The Bertz CT molecular complexity index is 981. The molecule has 152 valence electrons. The molecular formula is C17H16ClF3N2O4S. The predicted molar refractivity (Wildman–Crippen MR) is 97.9 cm³/mol. The molecule has 2 rings (SSSR count). The van der Waals surface area contributed by atoms with E-state index >= 15 is 0 Å². The van der Waals surface area contributed by atoms with Crippen LogP contribution in [0, 0.1) is 0 Å². The molecular weight excluding hydrogens is 421 g/mol. The molecule has 0 heterocycles. The zero-order valence-electron chi connectivity index (χ0n) is 14.7. The van der Waals surface area contributed by atoms with Gasteiger partial charge < -0.3 is 10.1 Å². The highest BCUT2D eigenvalue weighted by molar-refractivity contribution is 7.89. The average Bonchev–Trinajstić information content (AvgIpc) is 2.61. The van der Waals surface area contributed by atoms with E-state index in [1.165, 1.54) is 31.4 Å². The molecule has 0 saturated heterocycles. The van der Waals surface area contributed by atoms with Gasteiger partial charge in [0.15, 0.2) is 0 Å². The van der Waals surface area contributed by atoms with Crippen LogP contribution in [-0.4, -0.2) is 39.3 Å². The number of hydrogen-bond acceptors (Lipinski definition) is 4. The van der Waals surface area contributed by atoms with Gasteiger partial charge in [-0.3, -0.25) is 4.79 Å². The number of carbonyl (C=O) groups is 1. The van der Waals surface area contributed by atoms with E-state index in [4.69, 9.17) is 16.3 Å². The highest BCUT2D eigenvalue weighted by atomic mass is 35.5. The van der Waals surface area contributed by atoms with Crippen molar-refractivity contribution in [2.45, 2.75) is 11.1 Å². The van der Waals surface area contributed by atoms with Crippen molar-refractivity contribution in [3.8, 4) is 5.75 Å². The van der Waals surface area contributed by atoms with Crippen molar-refractivity contribution < 1.29 is 31.1 Å². The van der Waals surface area contributed by atoms with Crippen molar-refractivity contribution >= 4 is 33.2 Å². The monoisotopic (exact) mass is 436 g/mol. The number of rotatable bonds is 6. The van der Waals surface area contributed by atoms with Crippen molar-refractivity contribution in [1.82, 2.24) is 4.31 Å². The van der Waals surface area contributed by atoms with Gasteiger partial charge in [0.05, 0.1) is 29.8 Å². The number of ether oxygens (including phenoxy) is 1. The van der Waals surface area contributed by atoms with Gasteiger partial charge in [-0.1, -0.05) is 23.7 Å². The van der Waals surface area contributed by atoms with Crippen LogP contribution < -0.4 is 10.1 Å². The van der Waals surface area contributed by atoms with E-state index in [1.807, 2.05) is 0 Å². The van der Waals surface area contributed by atoms with Crippen molar-refractivity contribution in [3.05, 3.63) is 53.1 Å². The summed E-state index contributed by atoms with van der Waals surface area (Å²) in [5.41, 5.74) is -1.11. The number of nitrogens with zero attached hydrogens (tertiary/aromatic N) is 1. The summed E-state index contributed by atoms with van der Waals surface area (Å²) in [4.78, 5) is 11.3. The third kappa shape index (κ3) is 4.94. The highest BCUT2D eigenvalue weighted by Gasteiger charge is 2.38. The van der Waals surface area contributed by atoms with Gasteiger partial charge in [-0.05, 0) is 30.3 Å². The zero-order chi connectivity index (χ0) is 21.1. The first-order valence-electron chi connectivity index (χ1n) is 7.72. The number of nitrogens with one attached hydrogen (secondary N) is 1. The molecule has 0 bridgehead atoms. The third-order valence-corrected chi connectivity index (χ3v) is 5.78. The number of anilines is 1. The van der Waals surface area contributed by atoms with Crippen LogP contribution in [0.4, 0.5) is 18.9 Å². The smallest absolute Gasteiger partial charge is 0.417 e. The number of hydrogen-bond donors (Lipinski definition) is 1. The summed E-state index contributed by atoms with van der Waals surface area (Å²) in [7, 11) is -2.19. The van der Waals surface area contributed by atoms with Crippen LogP contribution in [0.5, 0.6) is 5.75 Å². The summed E-state index contributed by atoms with van der Waals surface area (Å²) in [5.74, 6) is -0.498. The summed E-state index contributed by atoms with van der Waals surface area (Å²) in [5, 5.41) is 2.73. The summed E-state index contributed by atoms with van der Waals surface area (Å²) >= 11 is 5.86. The molecule has 6 nitrogen and oxygen atoms in total. The lowest BCUT2D eigenvalue weighted by Crippen LogP contribution is -2.35. The minimum absolute atomic E-state index is 0.196. The van der Waals surface area contributed by atoms with Gasteiger partial charge in [0.2, 0.25) is 15.9 Å². The minimum atomic E-state index is -4.86. The number of benzene rings is 2. The molecule has 0 fully saturated rings. The largest absolute Gasteiger partial charge is 0.495 e. The van der Waals surface area contributed by atoms with Gasteiger partial charge in [-0.25, -0.2) is 8.42 Å². The fourth-order valence-electron chi connectivity index (χ4n) is 2.35. The average molecular weight is 437 g/mol. The second kappa shape index (κ2) is 8.38. The molecule has 0 aliphatic carbocycles. The maximum Gasteiger partial charge on any atom is 0.417 e. The Morgan fingerprint density at radius 1 is 1.21 bits per heavy atom. The van der Waals surface area contributed by atoms with E-state index < -0.39 is 39.1 Å². The number of likely N-dealkylation sites (N-methyl/N-ethyl adjacent to an activating group) is 1. The number of amides is 1. The molecule has 0 aromatic heterocycles. The Kier molecular flexibility index (Phi) is 6.58. The van der Waals surface area contributed by atoms with E-state index in [0.29, 0.717) is 15.4 Å². The van der Waals surface area contributed by atoms with Gasteiger partial charge in [-0.2, -0.15) is 17.5 Å². The Balaban J connectivity index is 2.24.